The summed E-state index contributed by atoms with van der Waals surface area (Å²) in [5.74, 6) is 1.28. The van der Waals surface area contributed by atoms with E-state index < -0.39 is 0 Å². The van der Waals surface area contributed by atoms with Crippen LogP contribution in [0.15, 0.2) is 59.6 Å². The molecule has 2 rings (SSSR count). The zero-order valence-electron chi connectivity index (χ0n) is 18.1. The van der Waals surface area contributed by atoms with E-state index in [1.54, 1.807) is 0 Å². The molecule has 0 aromatic heterocycles. The van der Waals surface area contributed by atoms with E-state index in [4.69, 9.17) is 4.99 Å². The van der Waals surface area contributed by atoms with Crippen molar-refractivity contribution in [2.45, 2.75) is 40.2 Å². The molecule has 2 aromatic rings. The van der Waals surface area contributed by atoms with Gasteiger partial charge in [0.1, 0.15) is 0 Å². The summed E-state index contributed by atoms with van der Waals surface area (Å²) in [7, 11) is 0. The maximum Gasteiger partial charge on any atom is 0.253 e. The molecule has 2 aromatic carbocycles. The molecule has 156 valence electrons. The van der Waals surface area contributed by atoms with Crippen LogP contribution in [0.3, 0.4) is 0 Å². The highest BCUT2D eigenvalue weighted by Gasteiger charge is 2.12. The van der Waals surface area contributed by atoms with Crippen LogP contribution in [-0.4, -0.2) is 42.9 Å². The summed E-state index contributed by atoms with van der Waals surface area (Å²) < 4.78 is 0. The van der Waals surface area contributed by atoms with Crippen molar-refractivity contribution < 1.29 is 4.79 Å². The molecule has 0 saturated heterocycles. The summed E-state index contributed by atoms with van der Waals surface area (Å²) in [5, 5.41) is 6.72. The number of rotatable bonds is 9. The molecule has 0 aliphatic rings. The van der Waals surface area contributed by atoms with E-state index in [0.717, 1.165) is 43.3 Å². The van der Waals surface area contributed by atoms with Crippen molar-refractivity contribution in [2.75, 3.05) is 26.2 Å². The third kappa shape index (κ3) is 6.93. The van der Waals surface area contributed by atoms with Gasteiger partial charge in [-0.15, -0.1) is 0 Å². The highest BCUT2D eigenvalue weighted by atomic mass is 16.2. The highest BCUT2D eigenvalue weighted by Crippen LogP contribution is 2.13. The van der Waals surface area contributed by atoms with E-state index >= 15 is 0 Å². The van der Waals surface area contributed by atoms with Crippen LogP contribution in [0.1, 0.15) is 55.1 Å². The molecule has 2 N–H and O–H groups in total. The van der Waals surface area contributed by atoms with Crippen molar-refractivity contribution in [3.63, 3.8) is 0 Å². The molecule has 29 heavy (non-hydrogen) atoms. The molecule has 5 nitrogen and oxygen atoms in total. The van der Waals surface area contributed by atoms with E-state index in [1.165, 1.54) is 5.56 Å². The lowest BCUT2D eigenvalue weighted by molar-refractivity contribution is 0.0773. The number of benzene rings is 2. The summed E-state index contributed by atoms with van der Waals surface area (Å²) in [6.45, 7) is 11.9. The van der Waals surface area contributed by atoms with E-state index in [9.17, 15) is 4.79 Å². The smallest absolute Gasteiger partial charge is 0.253 e. The Kier molecular flexibility index (Phi) is 9.22. The quantitative estimate of drug-likeness (QED) is 0.499. The predicted octanol–water partition coefficient (Wildman–Crippen LogP) is 4.03. The van der Waals surface area contributed by atoms with Crippen LogP contribution in [0.5, 0.6) is 0 Å². The third-order valence-electron chi connectivity index (χ3n) is 4.96. The van der Waals surface area contributed by atoms with Gasteiger partial charge >= 0.3 is 0 Å². The average Bonchev–Trinajstić information content (AvgIpc) is 2.77. The first kappa shape index (κ1) is 22.5. The number of hydrogen-bond donors (Lipinski definition) is 2. The zero-order valence-corrected chi connectivity index (χ0v) is 18.1. The van der Waals surface area contributed by atoms with E-state index in [0.29, 0.717) is 12.5 Å². The van der Waals surface area contributed by atoms with Gasteiger partial charge in [-0.25, -0.2) is 4.99 Å². The number of hydrogen-bond acceptors (Lipinski definition) is 2. The van der Waals surface area contributed by atoms with Crippen LogP contribution in [0.4, 0.5) is 0 Å². The number of carbonyl (C=O) groups is 1. The molecule has 5 heteroatoms. The topological polar surface area (TPSA) is 56.7 Å². The summed E-state index contributed by atoms with van der Waals surface area (Å²) in [4.78, 5) is 18.9. The predicted molar refractivity (Wildman–Crippen MR) is 121 cm³/mol. The van der Waals surface area contributed by atoms with Gasteiger partial charge in [0.2, 0.25) is 0 Å². The van der Waals surface area contributed by atoms with Crippen molar-refractivity contribution in [2.24, 2.45) is 4.99 Å². The molecule has 0 saturated carbocycles. The molecule has 0 heterocycles. The Hall–Kier alpha value is -2.82. The molecule has 1 amide bonds. The standard InChI is InChI=1S/C24H34N4O/c1-5-25-24(26-17-19(4)21-11-9-8-10-12-21)27-18-20-13-15-22(16-14-20)23(29)28(6-2)7-3/h8-16,19H,5-7,17-18H2,1-4H3,(H2,25,26,27). The number of guanidine groups is 1. The molecule has 0 fully saturated rings. The summed E-state index contributed by atoms with van der Waals surface area (Å²) >= 11 is 0. The van der Waals surface area contributed by atoms with Crippen LogP contribution in [-0.2, 0) is 6.54 Å². The third-order valence-corrected chi connectivity index (χ3v) is 4.96. The lowest BCUT2D eigenvalue weighted by Crippen LogP contribution is -2.39. The van der Waals surface area contributed by atoms with Gasteiger partial charge < -0.3 is 15.5 Å². The molecular formula is C24H34N4O. The maximum atomic E-state index is 12.4. The van der Waals surface area contributed by atoms with Gasteiger partial charge in [-0.3, -0.25) is 4.79 Å². The van der Waals surface area contributed by atoms with Crippen LogP contribution in [0.25, 0.3) is 0 Å². The summed E-state index contributed by atoms with van der Waals surface area (Å²) in [5.41, 5.74) is 3.11. The minimum Gasteiger partial charge on any atom is -0.357 e. The largest absolute Gasteiger partial charge is 0.357 e. The normalized spacial score (nSPS) is 12.3. The van der Waals surface area contributed by atoms with Gasteiger partial charge in [0.15, 0.2) is 5.96 Å². The van der Waals surface area contributed by atoms with E-state index in [-0.39, 0.29) is 5.91 Å². The second-order valence-electron chi connectivity index (χ2n) is 7.06. The fraction of sp³-hybridized carbons (Fsp3) is 0.417. The molecule has 0 radical (unpaired) electrons. The van der Waals surface area contributed by atoms with Crippen LogP contribution in [0, 0.1) is 0 Å². The van der Waals surface area contributed by atoms with E-state index in [1.807, 2.05) is 49.1 Å². The second-order valence-corrected chi connectivity index (χ2v) is 7.06. The number of carbonyl (C=O) groups excluding carboxylic acids is 1. The molecule has 0 aliphatic carbocycles. The van der Waals surface area contributed by atoms with Crippen molar-refractivity contribution >= 4 is 11.9 Å². The van der Waals surface area contributed by atoms with Gasteiger partial charge in [-0.1, -0.05) is 49.4 Å². The zero-order chi connectivity index (χ0) is 21.1. The fourth-order valence-corrected chi connectivity index (χ4v) is 3.11. The number of nitrogens with one attached hydrogen (secondary N) is 2. The molecule has 0 bridgehead atoms. The Morgan fingerprint density at radius 1 is 0.966 bits per heavy atom. The monoisotopic (exact) mass is 394 g/mol. The van der Waals surface area contributed by atoms with Gasteiger partial charge in [0.25, 0.3) is 5.91 Å². The van der Waals surface area contributed by atoms with Crippen molar-refractivity contribution in [1.29, 1.82) is 0 Å². The first-order valence-corrected chi connectivity index (χ1v) is 10.5. The molecular weight excluding hydrogens is 360 g/mol. The Balaban J connectivity index is 1.96. The van der Waals surface area contributed by atoms with Gasteiger partial charge in [0.05, 0.1) is 6.54 Å². The Bertz CT molecular complexity index is 767. The number of amides is 1. The van der Waals surface area contributed by atoms with Crippen LogP contribution >= 0.6 is 0 Å². The molecule has 0 spiro atoms. The van der Waals surface area contributed by atoms with Gasteiger partial charge in [0, 0.05) is 31.7 Å². The molecule has 0 aliphatic heterocycles. The maximum absolute atomic E-state index is 12.4. The van der Waals surface area contributed by atoms with Crippen molar-refractivity contribution in [3.05, 3.63) is 71.3 Å². The number of nitrogens with zero attached hydrogens (tertiary/aromatic N) is 2. The van der Waals surface area contributed by atoms with Gasteiger partial charge in [-0.05, 0) is 49.9 Å². The lowest BCUT2D eigenvalue weighted by Gasteiger charge is -2.18. The minimum atomic E-state index is 0.0787. The minimum absolute atomic E-state index is 0.0787. The Morgan fingerprint density at radius 2 is 1.62 bits per heavy atom. The first-order valence-electron chi connectivity index (χ1n) is 10.5. The van der Waals surface area contributed by atoms with Crippen LogP contribution < -0.4 is 10.6 Å². The molecule has 1 atom stereocenters. The van der Waals surface area contributed by atoms with Crippen molar-refractivity contribution in [1.82, 2.24) is 15.5 Å². The Morgan fingerprint density at radius 3 is 2.21 bits per heavy atom. The average molecular weight is 395 g/mol. The Labute approximate surface area is 175 Å². The lowest BCUT2D eigenvalue weighted by atomic mass is 10.0. The van der Waals surface area contributed by atoms with Crippen LogP contribution in [0.2, 0.25) is 0 Å². The van der Waals surface area contributed by atoms with Crippen molar-refractivity contribution in [3.8, 4) is 0 Å². The summed E-state index contributed by atoms with van der Waals surface area (Å²) in [6, 6.07) is 18.2. The number of aliphatic imine (C=N–C) groups is 1. The fourth-order valence-electron chi connectivity index (χ4n) is 3.11. The van der Waals surface area contributed by atoms with Gasteiger partial charge in [-0.2, -0.15) is 0 Å². The highest BCUT2D eigenvalue weighted by molar-refractivity contribution is 5.94. The summed E-state index contributed by atoms with van der Waals surface area (Å²) in [6.07, 6.45) is 0. The molecule has 1 unspecified atom stereocenters. The SMILES string of the molecule is CCNC(=NCc1ccc(C(=O)N(CC)CC)cc1)NCC(C)c1ccccc1. The first-order chi connectivity index (χ1) is 14.1. The van der Waals surface area contributed by atoms with E-state index in [2.05, 4.69) is 48.7 Å². The second kappa shape index (κ2) is 11.9.